The molecule has 0 fully saturated rings. The standard InChI is InChI=1S/C27H22.C5H13N.6C2H6/c1-3-11-21(12-4-1)19-27(20-22-13-5-2-6-14-22)25-17-9-7-15-23(25)24-16-8-10-18-26(24)27;1-4-6(3)5-2;6*1-2/h1-18H,19-20H2;4-5H2,1-3H3;6*1-2H3. The number of hydrogen-bond donors (Lipinski definition) is 0. The molecule has 0 amide bonds. The van der Waals surface area contributed by atoms with Crippen LogP contribution in [0.3, 0.4) is 0 Å². The van der Waals surface area contributed by atoms with E-state index in [-0.39, 0.29) is 5.41 Å². The molecule has 0 bridgehead atoms. The second-order valence-corrected chi connectivity index (χ2v) is 8.99. The summed E-state index contributed by atoms with van der Waals surface area (Å²) in [6.45, 7) is 30.6. The van der Waals surface area contributed by atoms with Crippen molar-refractivity contribution < 1.29 is 0 Å². The first-order valence-electron chi connectivity index (χ1n) is 18.1. The van der Waals surface area contributed by atoms with Gasteiger partial charge in [-0.2, -0.15) is 0 Å². The van der Waals surface area contributed by atoms with Gasteiger partial charge in [0.1, 0.15) is 0 Å². The molecule has 1 aliphatic rings. The molecule has 0 aromatic heterocycles. The maximum Gasteiger partial charge on any atom is 0.0295 e. The smallest absolute Gasteiger partial charge is 0.0295 e. The van der Waals surface area contributed by atoms with E-state index in [1.165, 1.54) is 33.4 Å². The Hall–Kier alpha value is -3.16. The number of rotatable bonds is 6. The zero-order chi connectivity index (χ0) is 35.1. The molecule has 0 aliphatic heterocycles. The summed E-state index contributed by atoms with van der Waals surface area (Å²) in [5, 5.41) is 0. The normalized spacial score (nSPS) is 10.4. The summed E-state index contributed by atoms with van der Waals surface area (Å²) in [7, 11) is 2.11. The van der Waals surface area contributed by atoms with Crippen molar-refractivity contribution in [1.29, 1.82) is 0 Å². The van der Waals surface area contributed by atoms with Crippen LogP contribution in [0.15, 0.2) is 109 Å². The Labute approximate surface area is 282 Å². The van der Waals surface area contributed by atoms with Crippen molar-refractivity contribution in [3.63, 3.8) is 0 Å². The van der Waals surface area contributed by atoms with Gasteiger partial charge in [0.15, 0.2) is 0 Å². The number of nitrogens with zero attached hydrogens (tertiary/aromatic N) is 1. The molecule has 0 atom stereocenters. The van der Waals surface area contributed by atoms with Crippen LogP contribution in [0, 0.1) is 0 Å². The van der Waals surface area contributed by atoms with E-state index in [2.05, 4.69) is 135 Å². The number of benzene rings is 4. The minimum atomic E-state index is -0.0319. The van der Waals surface area contributed by atoms with E-state index in [0.29, 0.717) is 0 Å². The van der Waals surface area contributed by atoms with Crippen LogP contribution in [0.5, 0.6) is 0 Å². The topological polar surface area (TPSA) is 3.24 Å². The van der Waals surface area contributed by atoms with Gasteiger partial charge in [-0.1, -0.05) is 206 Å². The zero-order valence-corrected chi connectivity index (χ0v) is 32.2. The summed E-state index contributed by atoms with van der Waals surface area (Å²) in [5.41, 5.74) is 8.44. The van der Waals surface area contributed by atoms with Gasteiger partial charge in [0.05, 0.1) is 0 Å². The molecule has 0 spiro atoms. The molecule has 0 unspecified atom stereocenters. The van der Waals surface area contributed by atoms with Crippen molar-refractivity contribution in [1.82, 2.24) is 4.90 Å². The van der Waals surface area contributed by atoms with Gasteiger partial charge in [0.2, 0.25) is 0 Å². The third kappa shape index (κ3) is 14.7. The van der Waals surface area contributed by atoms with Crippen molar-refractivity contribution in [2.24, 2.45) is 0 Å². The second-order valence-electron chi connectivity index (χ2n) is 8.99. The Morgan fingerprint density at radius 1 is 0.400 bits per heavy atom. The van der Waals surface area contributed by atoms with Crippen LogP contribution in [0.2, 0.25) is 0 Å². The molecular formula is C44H71N. The lowest BCUT2D eigenvalue weighted by Gasteiger charge is -2.33. The number of hydrogen-bond acceptors (Lipinski definition) is 1. The Kier molecular flexibility index (Phi) is 31.7. The first-order chi connectivity index (χ1) is 22.2. The van der Waals surface area contributed by atoms with Crippen molar-refractivity contribution >= 4 is 0 Å². The molecule has 5 rings (SSSR count). The molecule has 0 heterocycles. The quantitative estimate of drug-likeness (QED) is 0.209. The van der Waals surface area contributed by atoms with E-state index < -0.39 is 0 Å². The van der Waals surface area contributed by atoms with Crippen LogP contribution >= 0.6 is 0 Å². The average molecular weight is 614 g/mol. The first kappa shape index (κ1) is 46.3. The zero-order valence-electron chi connectivity index (χ0n) is 32.2. The Balaban J connectivity index is -0.000000836. The van der Waals surface area contributed by atoms with Gasteiger partial charge < -0.3 is 4.90 Å². The largest absolute Gasteiger partial charge is 0.307 e. The van der Waals surface area contributed by atoms with Gasteiger partial charge in [-0.05, 0) is 66.4 Å². The maximum absolute atomic E-state index is 2.33. The molecule has 4 aromatic carbocycles. The minimum Gasteiger partial charge on any atom is -0.307 e. The predicted molar refractivity (Wildman–Crippen MR) is 210 cm³/mol. The fourth-order valence-corrected chi connectivity index (χ4v) is 4.97. The monoisotopic (exact) mass is 614 g/mol. The lowest BCUT2D eigenvalue weighted by molar-refractivity contribution is 0.373. The van der Waals surface area contributed by atoms with Crippen LogP contribution in [-0.4, -0.2) is 25.0 Å². The Morgan fingerprint density at radius 2 is 0.667 bits per heavy atom. The molecule has 0 saturated heterocycles. The summed E-state index contributed by atoms with van der Waals surface area (Å²) >= 11 is 0. The lowest BCUT2D eigenvalue weighted by Crippen LogP contribution is -2.31. The molecule has 4 aromatic rings. The van der Waals surface area contributed by atoms with Crippen molar-refractivity contribution in [2.45, 2.75) is 115 Å². The maximum atomic E-state index is 2.33. The van der Waals surface area contributed by atoms with Crippen LogP contribution in [0.1, 0.15) is 119 Å². The van der Waals surface area contributed by atoms with Crippen LogP contribution in [0.4, 0.5) is 0 Å². The number of fused-ring (bicyclic) bond motifs is 3. The highest BCUT2D eigenvalue weighted by molar-refractivity contribution is 5.81. The van der Waals surface area contributed by atoms with Gasteiger partial charge in [-0.3, -0.25) is 0 Å². The lowest BCUT2D eigenvalue weighted by atomic mass is 9.69. The fraction of sp³-hybridized carbons (Fsp3) is 0.455. The summed E-state index contributed by atoms with van der Waals surface area (Å²) in [5.74, 6) is 0. The summed E-state index contributed by atoms with van der Waals surface area (Å²) < 4.78 is 0. The summed E-state index contributed by atoms with van der Waals surface area (Å²) in [4.78, 5) is 2.25. The highest BCUT2D eigenvalue weighted by Gasteiger charge is 2.42. The Morgan fingerprint density at radius 3 is 0.933 bits per heavy atom. The molecule has 45 heavy (non-hydrogen) atoms. The third-order valence-electron chi connectivity index (χ3n) is 6.95. The average Bonchev–Trinajstić information content (AvgIpc) is 3.43. The second kappa shape index (κ2) is 30.8. The third-order valence-corrected chi connectivity index (χ3v) is 6.95. The van der Waals surface area contributed by atoms with Crippen molar-refractivity contribution in [3.8, 4) is 11.1 Å². The molecule has 1 aliphatic carbocycles. The fourth-order valence-electron chi connectivity index (χ4n) is 4.97. The minimum absolute atomic E-state index is 0.0319. The molecule has 252 valence electrons. The molecule has 1 heteroatoms. The highest BCUT2D eigenvalue weighted by atomic mass is 15.1. The van der Waals surface area contributed by atoms with E-state index in [0.717, 1.165) is 25.9 Å². The first-order valence-corrected chi connectivity index (χ1v) is 18.1. The van der Waals surface area contributed by atoms with Gasteiger partial charge in [0, 0.05) is 5.41 Å². The van der Waals surface area contributed by atoms with Gasteiger partial charge in [-0.15, -0.1) is 0 Å². The van der Waals surface area contributed by atoms with Crippen molar-refractivity contribution in [3.05, 3.63) is 131 Å². The Bertz CT molecular complexity index is 1050. The molecular weight excluding hydrogens is 542 g/mol. The van der Waals surface area contributed by atoms with Gasteiger partial charge >= 0.3 is 0 Å². The van der Waals surface area contributed by atoms with Crippen LogP contribution < -0.4 is 0 Å². The molecule has 0 N–H and O–H groups in total. The van der Waals surface area contributed by atoms with E-state index in [1.807, 2.05) is 83.1 Å². The van der Waals surface area contributed by atoms with Crippen LogP contribution in [-0.2, 0) is 18.3 Å². The molecule has 0 radical (unpaired) electrons. The molecule has 0 saturated carbocycles. The highest BCUT2D eigenvalue weighted by Crippen LogP contribution is 2.52. The van der Waals surface area contributed by atoms with E-state index in [9.17, 15) is 0 Å². The molecule has 1 nitrogen and oxygen atoms in total. The van der Waals surface area contributed by atoms with E-state index in [4.69, 9.17) is 0 Å². The summed E-state index contributed by atoms with van der Waals surface area (Å²) in [6.07, 6.45) is 2.02. The predicted octanol–water partition coefficient (Wildman–Crippen LogP) is 13.6. The van der Waals surface area contributed by atoms with Gasteiger partial charge in [-0.25, -0.2) is 0 Å². The van der Waals surface area contributed by atoms with Crippen molar-refractivity contribution in [2.75, 3.05) is 20.1 Å². The van der Waals surface area contributed by atoms with E-state index >= 15 is 0 Å². The van der Waals surface area contributed by atoms with Gasteiger partial charge in [0.25, 0.3) is 0 Å². The SMILES string of the molecule is CC.CC.CC.CC.CC.CC.CCN(C)CC.c1ccc(CC2(Cc3ccccc3)c3ccccc3-c3ccccc32)cc1. The van der Waals surface area contributed by atoms with Crippen LogP contribution in [0.25, 0.3) is 11.1 Å². The van der Waals surface area contributed by atoms with E-state index in [1.54, 1.807) is 0 Å². The summed E-state index contributed by atoms with van der Waals surface area (Å²) in [6, 6.07) is 39.8.